The molecule has 4 aromatic rings. The average molecular weight is 438 g/mol. The van der Waals surface area contributed by atoms with E-state index in [2.05, 4.69) is 34.9 Å². The maximum Gasteiger partial charge on any atom is 0.227 e. The summed E-state index contributed by atoms with van der Waals surface area (Å²) in [6, 6.07) is 26.2. The molecule has 1 aliphatic rings. The quantitative estimate of drug-likeness (QED) is 0.374. The SMILES string of the molecule is CCOc1ccc(N2C[C@H](c3nc4ccccc4n3C/C=C/c3ccccc3)CC2=O)cc1. The highest BCUT2D eigenvalue weighted by atomic mass is 16.5. The van der Waals surface area contributed by atoms with E-state index in [0.29, 0.717) is 26.1 Å². The molecule has 0 aliphatic carbocycles. The van der Waals surface area contributed by atoms with Crippen LogP contribution in [0.15, 0.2) is 84.9 Å². The fourth-order valence-corrected chi connectivity index (χ4v) is 4.48. The van der Waals surface area contributed by atoms with Gasteiger partial charge in [-0.3, -0.25) is 4.79 Å². The normalized spacial score (nSPS) is 16.2. The summed E-state index contributed by atoms with van der Waals surface area (Å²) in [7, 11) is 0. The Balaban J connectivity index is 1.41. The Morgan fingerprint density at radius 3 is 2.55 bits per heavy atom. The molecule has 3 aromatic carbocycles. The van der Waals surface area contributed by atoms with Gasteiger partial charge in [0, 0.05) is 31.1 Å². The first-order chi connectivity index (χ1) is 16.2. The molecule has 166 valence electrons. The number of allylic oxidation sites excluding steroid dienone is 1. The van der Waals surface area contributed by atoms with E-state index in [9.17, 15) is 4.79 Å². The van der Waals surface area contributed by atoms with E-state index in [-0.39, 0.29) is 11.8 Å². The van der Waals surface area contributed by atoms with Crippen LogP contribution in [0.5, 0.6) is 5.75 Å². The Kier molecular flexibility index (Phi) is 5.94. The topological polar surface area (TPSA) is 47.4 Å². The molecule has 5 heteroatoms. The lowest BCUT2D eigenvalue weighted by atomic mass is 10.1. The number of hydrogen-bond acceptors (Lipinski definition) is 3. The van der Waals surface area contributed by atoms with Gasteiger partial charge in [-0.1, -0.05) is 54.6 Å². The lowest BCUT2D eigenvalue weighted by Crippen LogP contribution is -2.24. The molecule has 0 radical (unpaired) electrons. The van der Waals surface area contributed by atoms with E-state index < -0.39 is 0 Å². The van der Waals surface area contributed by atoms with Gasteiger partial charge < -0.3 is 14.2 Å². The summed E-state index contributed by atoms with van der Waals surface area (Å²) >= 11 is 0. The first-order valence-corrected chi connectivity index (χ1v) is 11.4. The van der Waals surface area contributed by atoms with Gasteiger partial charge in [-0.15, -0.1) is 0 Å². The van der Waals surface area contributed by atoms with Gasteiger partial charge in [0.2, 0.25) is 5.91 Å². The van der Waals surface area contributed by atoms with Gasteiger partial charge in [-0.05, 0) is 48.9 Å². The van der Waals surface area contributed by atoms with E-state index in [1.807, 2.05) is 72.5 Å². The van der Waals surface area contributed by atoms with Crippen molar-refractivity contribution in [3.8, 4) is 5.75 Å². The highest BCUT2D eigenvalue weighted by Crippen LogP contribution is 2.34. The molecule has 5 nitrogen and oxygen atoms in total. The smallest absolute Gasteiger partial charge is 0.227 e. The molecule has 1 saturated heterocycles. The van der Waals surface area contributed by atoms with Crippen LogP contribution in [0.1, 0.15) is 30.7 Å². The second-order valence-electron chi connectivity index (χ2n) is 8.21. The van der Waals surface area contributed by atoms with Gasteiger partial charge in [-0.25, -0.2) is 4.98 Å². The number of carbonyl (C=O) groups is 1. The van der Waals surface area contributed by atoms with Gasteiger partial charge in [0.15, 0.2) is 0 Å². The molecule has 1 aliphatic heterocycles. The van der Waals surface area contributed by atoms with Crippen LogP contribution in [0.4, 0.5) is 5.69 Å². The van der Waals surface area contributed by atoms with Gasteiger partial charge in [0.05, 0.1) is 17.6 Å². The number of rotatable bonds is 7. The Bertz CT molecular complexity index is 1280. The molecule has 1 fully saturated rings. The average Bonchev–Trinajstić information content (AvgIpc) is 3.41. The predicted octanol–water partition coefficient (Wildman–Crippen LogP) is 5.67. The van der Waals surface area contributed by atoms with Gasteiger partial charge in [-0.2, -0.15) is 0 Å². The Morgan fingerprint density at radius 2 is 1.76 bits per heavy atom. The highest BCUT2D eigenvalue weighted by molar-refractivity contribution is 5.96. The number of nitrogens with zero attached hydrogens (tertiary/aromatic N) is 3. The Labute approximate surface area is 193 Å². The zero-order valence-electron chi connectivity index (χ0n) is 18.7. The van der Waals surface area contributed by atoms with Crippen molar-refractivity contribution in [1.82, 2.24) is 9.55 Å². The van der Waals surface area contributed by atoms with Crippen molar-refractivity contribution in [1.29, 1.82) is 0 Å². The Morgan fingerprint density at radius 1 is 1.00 bits per heavy atom. The number of ether oxygens (including phenoxy) is 1. The molecule has 0 bridgehead atoms. The minimum absolute atomic E-state index is 0.0431. The second kappa shape index (κ2) is 9.33. The van der Waals surface area contributed by atoms with Crippen LogP contribution in [-0.4, -0.2) is 28.6 Å². The minimum Gasteiger partial charge on any atom is -0.494 e. The second-order valence-corrected chi connectivity index (χ2v) is 8.21. The predicted molar refractivity (Wildman–Crippen MR) is 133 cm³/mol. The van der Waals surface area contributed by atoms with Crippen LogP contribution in [0.25, 0.3) is 17.1 Å². The van der Waals surface area contributed by atoms with Crippen LogP contribution in [0.2, 0.25) is 0 Å². The van der Waals surface area contributed by atoms with Crippen molar-refractivity contribution in [2.24, 2.45) is 0 Å². The summed E-state index contributed by atoms with van der Waals surface area (Å²) < 4.78 is 7.78. The van der Waals surface area contributed by atoms with Crippen molar-refractivity contribution >= 4 is 28.7 Å². The highest BCUT2D eigenvalue weighted by Gasteiger charge is 2.34. The molecular weight excluding hydrogens is 410 g/mol. The monoisotopic (exact) mass is 437 g/mol. The minimum atomic E-state index is 0.0431. The zero-order valence-corrected chi connectivity index (χ0v) is 18.7. The van der Waals surface area contributed by atoms with E-state index >= 15 is 0 Å². The zero-order chi connectivity index (χ0) is 22.6. The molecule has 2 heterocycles. The van der Waals surface area contributed by atoms with E-state index in [4.69, 9.17) is 9.72 Å². The van der Waals surface area contributed by atoms with Crippen molar-refractivity contribution in [3.05, 3.63) is 96.3 Å². The number of benzene rings is 3. The van der Waals surface area contributed by atoms with Crippen LogP contribution in [-0.2, 0) is 11.3 Å². The molecule has 1 atom stereocenters. The summed E-state index contributed by atoms with van der Waals surface area (Å²) in [6.07, 6.45) is 4.75. The number of amides is 1. The van der Waals surface area contributed by atoms with Gasteiger partial charge in [0.25, 0.3) is 0 Å². The standard InChI is InChI=1S/C28H27N3O2/c1-2-33-24-16-14-23(15-17-24)31-20-22(19-27(31)32)28-29-25-12-6-7-13-26(25)30(28)18-8-11-21-9-4-3-5-10-21/h3-17,22H,2,18-20H2,1H3/b11-8+/t22-/m1/s1. The lowest BCUT2D eigenvalue weighted by Gasteiger charge is -2.17. The number of anilines is 1. The van der Waals surface area contributed by atoms with E-state index in [1.165, 1.54) is 5.56 Å². The summed E-state index contributed by atoms with van der Waals surface area (Å²) in [4.78, 5) is 19.8. The van der Waals surface area contributed by atoms with E-state index in [0.717, 1.165) is 28.3 Å². The Hall–Kier alpha value is -3.86. The third-order valence-corrected chi connectivity index (χ3v) is 6.03. The molecule has 1 amide bonds. The summed E-state index contributed by atoms with van der Waals surface area (Å²) in [5.74, 6) is 1.95. The molecular formula is C28H27N3O2. The first-order valence-electron chi connectivity index (χ1n) is 11.4. The maximum absolute atomic E-state index is 12.9. The van der Waals surface area contributed by atoms with Crippen LogP contribution < -0.4 is 9.64 Å². The molecule has 0 saturated carbocycles. The van der Waals surface area contributed by atoms with Gasteiger partial charge in [0.1, 0.15) is 11.6 Å². The summed E-state index contributed by atoms with van der Waals surface area (Å²) in [6.45, 7) is 3.92. The summed E-state index contributed by atoms with van der Waals surface area (Å²) in [5.41, 5.74) is 4.13. The third-order valence-electron chi connectivity index (χ3n) is 6.03. The summed E-state index contributed by atoms with van der Waals surface area (Å²) in [5, 5.41) is 0. The molecule has 5 rings (SSSR count). The molecule has 33 heavy (non-hydrogen) atoms. The molecule has 1 aromatic heterocycles. The van der Waals surface area contributed by atoms with E-state index in [1.54, 1.807) is 0 Å². The third kappa shape index (κ3) is 4.40. The first kappa shape index (κ1) is 21.0. The van der Waals surface area contributed by atoms with Crippen LogP contribution in [0.3, 0.4) is 0 Å². The number of para-hydroxylation sites is 2. The number of fused-ring (bicyclic) bond motifs is 1. The molecule has 0 N–H and O–H groups in total. The number of hydrogen-bond donors (Lipinski definition) is 0. The van der Waals surface area contributed by atoms with Crippen molar-refractivity contribution < 1.29 is 9.53 Å². The van der Waals surface area contributed by atoms with Crippen LogP contribution >= 0.6 is 0 Å². The number of imidazole rings is 1. The largest absolute Gasteiger partial charge is 0.494 e. The van der Waals surface area contributed by atoms with Crippen molar-refractivity contribution in [2.45, 2.75) is 25.8 Å². The van der Waals surface area contributed by atoms with Crippen molar-refractivity contribution in [3.63, 3.8) is 0 Å². The van der Waals surface area contributed by atoms with Gasteiger partial charge >= 0.3 is 0 Å². The molecule has 0 spiro atoms. The molecule has 0 unspecified atom stereocenters. The van der Waals surface area contributed by atoms with Crippen LogP contribution in [0, 0.1) is 0 Å². The van der Waals surface area contributed by atoms with Crippen molar-refractivity contribution in [2.75, 3.05) is 18.1 Å². The lowest BCUT2D eigenvalue weighted by molar-refractivity contribution is -0.117. The number of aromatic nitrogens is 2. The maximum atomic E-state index is 12.9. The fourth-order valence-electron chi connectivity index (χ4n) is 4.48. The number of carbonyl (C=O) groups excluding carboxylic acids is 1. The fraction of sp³-hybridized carbons (Fsp3) is 0.214.